The van der Waals surface area contributed by atoms with E-state index in [2.05, 4.69) is 59.4 Å². The van der Waals surface area contributed by atoms with E-state index in [-0.39, 0.29) is 5.41 Å². The smallest absolute Gasteiger partial charge is 0.125 e. The zero-order chi connectivity index (χ0) is 17.7. The molecule has 2 aromatic rings. The van der Waals surface area contributed by atoms with Gasteiger partial charge in [-0.15, -0.1) is 0 Å². The van der Waals surface area contributed by atoms with Crippen LogP contribution in [0.15, 0.2) is 30.5 Å². The Kier molecular flexibility index (Phi) is 5.60. The van der Waals surface area contributed by atoms with Crippen molar-refractivity contribution in [3.05, 3.63) is 36.0 Å². The zero-order valence-corrected chi connectivity index (χ0v) is 15.3. The Morgan fingerprint density at radius 3 is 2.72 bits per heavy atom. The minimum absolute atomic E-state index is 0.0286. The number of ether oxygens (including phenoxy) is 2. The third-order valence-electron chi connectivity index (χ3n) is 4.34. The van der Waals surface area contributed by atoms with Crippen molar-refractivity contribution >= 4 is 11.5 Å². The molecular formula is C19H28N4O2. The van der Waals surface area contributed by atoms with E-state index in [9.17, 15) is 0 Å². The number of aromatic amines is 1. The lowest BCUT2D eigenvalue weighted by Crippen LogP contribution is -2.38. The fourth-order valence-electron chi connectivity index (χ4n) is 2.93. The van der Waals surface area contributed by atoms with E-state index < -0.39 is 0 Å². The Bertz CT molecular complexity index is 659. The summed E-state index contributed by atoms with van der Waals surface area (Å²) in [5.41, 5.74) is 2.23. The fraction of sp³-hybridized carbons (Fsp3) is 0.526. The van der Waals surface area contributed by atoms with Gasteiger partial charge < -0.3 is 14.8 Å². The van der Waals surface area contributed by atoms with Crippen molar-refractivity contribution in [1.29, 1.82) is 0 Å². The third-order valence-corrected chi connectivity index (χ3v) is 4.34. The lowest BCUT2D eigenvalue weighted by Gasteiger charge is -2.27. The van der Waals surface area contributed by atoms with Crippen LogP contribution in [0.25, 0.3) is 0 Å². The topological polar surface area (TPSA) is 62.4 Å². The summed E-state index contributed by atoms with van der Waals surface area (Å²) in [7, 11) is 0. The SMILES string of the molecule is CC(C)(C)c1ccc(Nc2ccn[nH]2)cc1OCCN1CCOCC1. The number of morpholine rings is 1. The van der Waals surface area contributed by atoms with Crippen LogP contribution in [0.5, 0.6) is 5.75 Å². The number of nitrogens with one attached hydrogen (secondary N) is 2. The maximum Gasteiger partial charge on any atom is 0.125 e. The van der Waals surface area contributed by atoms with Crippen molar-refractivity contribution < 1.29 is 9.47 Å². The van der Waals surface area contributed by atoms with Crippen LogP contribution in [0.4, 0.5) is 11.5 Å². The first-order chi connectivity index (χ1) is 12.0. The number of H-pyrrole nitrogens is 1. The second-order valence-electron chi connectivity index (χ2n) is 7.36. The van der Waals surface area contributed by atoms with Gasteiger partial charge in [0.15, 0.2) is 0 Å². The van der Waals surface area contributed by atoms with Crippen LogP contribution in [-0.2, 0) is 10.2 Å². The molecule has 0 atom stereocenters. The molecule has 6 nitrogen and oxygen atoms in total. The van der Waals surface area contributed by atoms with Gasteiger partial charge in [0, 0.05) is 37.5 Å². The number of benzene rings is 1. The summed E-state index contributed by atoms with van der Waals surface area (Å²) in [6.45, 7) is 11.8. The molecular weight excluding hydrogens is 316 g/mol. The second kappa shape index (κ2) is 7.89. The Balaban J connectivity index is 1.69. The van der Waals surface area contributed by atoms with E-state index in [1.165, 1.54) is 5.56 Å². The number of nitrogens with zero attached hydrogens (tertiary/aromatic N) is 2. The summed E-state index contributed by atoms with van der Waals surface area (Å²) >= 11 is 0. The largest absolute Gasteiger partial charge is 0.492 e. The molecule has 136 valence electrons. The maximum atomic E-state index is 6.18. The highest BCUT2D eigenvalue weighted by molar-refractivity contribution is 5.60. The standard InChI is InChI=1S/C19H28N4O2/c1-19(2,3)16-5-4-15(21-18-6-7-20-22-18)14-17(16)25-13-10-23-8-11-24-12-9-23/h4-7,14H,8-13H2,1-3H3,(H2,20,21,22). The van der Waals surface area contributed by atoms with Gasteiger partial charge in [-0.1, -0.05) is 26.8 Å². The van der Waals surface area contributed by atoms with E-state index in [1.54, 1.807) is 6.20 Å². The summed E-state index contributed by atoms with van der Waals surface area (Å²) in [5, 5.41) is 10.2. The number of hydrogen-bond acceptors (Lipinski definition) is 5. The highest BCUT2D eigenvalue weighted by Crippen LogP contribution is 2.34. The highest BCUT2D eigenvalue weighted by Gasteiger charge is 2.20. The molecule has 3 rings (SSSR count). The van der Waals surface area contributed by atoms with Crippen molar-refractivity contribution in [1.82, 2.24) is 15.1 Å². The minimum Gasteiger partial charge on any atom is -0.492 e. The van der Waals surface area contributed by atoms with E-state index >= 15 is 0 Å². The highest BCUT2D eigenvalue weighted by atomic mass is 16.5. The number of anilines is 2. The lowest BCUT2D eigenvalue weighted by molar-refractivity contribution is 0.0321. The van der Waals surface area contributed by atoms with Gasteiger partial charge in [-0.05, 0) is 17.0 Å². The van der Waals surface area contributed by atoms with E-state index in [4.69, 9.17) is 9.47 Å². The molecule has 1 aliphatic heterocycles. The predicted octanol–water partition coefficient (Wildman–Crippen LogP) is 3.16. The van der Waals surface area contributed by atoms with E-state index in [1.807, 2.05) is 6.07 Å². The lowest BCUT2D eigenvalue weighted by atomic mass is 9.86. The average Bonchev–Trinajstić information content (AvgIpc) is 3.08. The number of aromatic nitrogens is 2. The first-order valence-electron chi connectivity index (χ1n) is 8.86. The van der Waals surface area contributed by atoms with Crippen molar-refractivity contribution in [3.8, 4) is 5.75 Å². The molecule has 0 spiro atoms. The number of hydrogen-bond donors (Lipinski definition) is 2. The number of rotatable bonds is 6. The minimum atomic E-state index is 0.0286. The van der Waals surface area contributed by atoms with Crippen LogP contribution in [0.2, 0.25) is 0 Å². The van der Waals surface area contributed by atoms with Crippen molar-refractivity contribution in [2.45, 2.75) is 26.2 Å². The van der Waals surface area contributed by atoms with Crippen LogP contribution in [0.1, 0.15) is 26.3 Å². The van der Waals surface area contributed by atoms with Gasteiger partial charge in [-0.25, -0.2) is 0 Å². The molecule has 0 radical (unpaired) electrons. The first-order valence-corrected chi connectivity index (χ1v) is 8.86. The van der Waals surface area contributed by atoms with Crippen LogP contribution in [0, 0.1) is 0 Å². The molecule has 6 heteroatoms. The maximum absolute atomic E-state index is 6.18. The normalized spacial score (nSPS) is 16.0. The zero-order valence-electron chi connectivity index (χ0n) is 15.3. The van der Waals surface area contributed by atoms with Gasteiger partial charge in [-0.2, -0.15) is 5.10 Å². The summed E-state index contributed by atoms with van der Waals surface area (Å²) in [6, 6.07) is 8.19. The molecule has 2 N–H and O–H groups in total. The van der Waals surface area contributed by atoms with Gasteiger partial charge in [0.25, 0.3) is 0 Å². The summed E-state index contributed by atoms with van der Waals surface area (Å²) in [5.74, 6) is 1.80. The van der Waals surface area contributed by atoms with Crippen molar-refractivity contribution in [2.75, 3.05) is 44.8 Å². The van der Waals surface area contributed by atoms with Gasteiger partial charge in [0.05, 0.1) is 19.4 Å². The van der Waals surface area contributed by atoms with Gasteiger partial charge in [-0.3, -0.25) is 10.00 Å². The molecule has 25 heavy (non-hydrogen) atoms. The van der Waals surface area contributed by atoms with Gasteiger partial charge in [0.2, 0.25) is 0 Å². The van der Waals surface area contributed by atoms with Crippen molar-refractivity contribution in [2.24, 2.45) is 0 Å². The monoisotopic (exact) mass is 344 g/mol. The molecule has 0 aliphatic carbocycles. The van der Waals surface area contributed by atoms with Crippen molar-refractivity contribution in [3.63, 3.8) is 0 Å². The fourth-order valence-corrected chi connectivity index (χ4v) is 2.93. The average molecular weight is 344 g/mol. The molecule has 0 bridgehead atoms. The molecule has 0 saturated carbocycles. The quantitative estimate of drug-likeness (QED) is 0.843. The Hall–Kier alpha value is -2.05. The summed E-state index contributed by atoms with van der Waals surface area (Å²) in [6.07, 6.45) is 1.73. The molecule has 2 heterocycles. The van der Waals surface area contributed by atoms with Crippen LogP contribution < -0.4 is 10.1 Å². The Labute approximate surface area is 149 Å². The molecule has 1 aliphatic rings. The molecule has 1 aromatic carbocycles. The molecule has 1 aromatic heterocycles. The van der Waals surface area contributed by atoms with Gasteiger partial charge in [0.1, 0.15) is 18.2 Å². The van der Waals surface area contributed by atoms with Crippen LogP contribution in [-0.4, -0.2) is 54.6 Å². The van der Waals surface area contributed by atoms with E-state index in [0.717, 1.165) is 50.1 Å². The van der Waals surface area contributed by atoms with Crippen LogP contribution >= 0.6 is 0 Å². The predicted molar refractivity (Wildman–Crippen MR) is 99.8 cm³/mol. The summed E-state index contributed by atoms with van der Waals surface area (Å²) in [4.78, 5) is 2.38. The first kappa shape index (κ1) is 17.8. The second-order valence-corrected chi connectivity index (χ2v) is 7.36. The summed E-state index contributed by atoms with van der Waals surface area (Å²) < 4.78 is 11.6. The molecule has 0 unspecified atom stereocenters. The molecule has 1 saturated heterocycles. The van der Waals surface area contributed by atoms with Crippen LogP contribution in [0.3, 0.4) is 0 Å². The third kappa shape index (κ3) is 4.96. The Morgan fingerprint density at radius 1 is 1.24 bits per heavy atom. The van der Waals surface area contributed by atoms with Gasteiger partial charge >= 0.3 is 0 Å². The molecule has 1 fully saturated rings. The Morgan fingerprint density at radius 2 is 2.04 bits per heavy atom. The molecule has 0 amide bonds. The van der Waals surface area contributed by atoms with E-state index in [0.29, 0.717) is 6.61 Å².